The summed E-state index contributed by atoms with van der Waals surface area (Å²) in [4.78, 5) is 12.7. The second kappa shape index (κ2) is 11.9. The molecular formula is C32H20Br4O4. The number of carbonyl (C=O) groups excluding carboxylic acids is 1. The van der Waals surface area contributed by atoms with Crippen molar-refractivity contribution in [2.75, 3.05) is 0 Å². The minimum atomic E-state index is -1.26. The number of fused-ring (bicyclic) bond motifs is 1. The molecule has 0 unspecified atom stereocenters. The maximum atomic E-state index is 12.7. The standard InChI is InChI=1S/C20H10Br4O4.C12H10/c21-13-5-9(6-14(22)17(13)25)20(10-7-15(23)18(26)16(24)8-10)12-4-2-1-3-11(12)19(27)28-20;1-3-7-11(8-4-1)12-9-5-2-6-10-12/h1-8,25-26H;1-10H. The molecule has 6 rings (SSSR count). The molecule has 40 heavy (non-hydrogen) atoms. The minimum absolute atomic E-state index is 0.0459. The second-order valence-electron chi connectivity index (χ2n) is 8.93. The van der Waals surface area contributed by atoms with E-state index in [1.807, 2.05) is 24.3 Å². The molecule has 5 aromatic rings. The van der Waals surface area contributed by atoms with Gasteiger partial charge in [0, 0.05) is 16.7 Å². The number of phenolic OH excluding ortho intramolecular Hbond substituents is 2. The number of halogens is 4. The van der Waals surface area contributed by atoms with E-state index in [0.29, 0.717) is 40.1 Å². The average molecular weight is 788 g/mol. The van der Waals surface area contributed by atoms with Gasteiger partial charge in [-0.25, -0.2) is 4.79 Å². The summed E-state index contributed by atoms with van der Waals surface area (Å²) in [6.45, 7) is 0. The van der Waals surface area contributed by atoms with Gasteiger partial charge in [0.25, 0.3) is 0 Å². The highest BCUT2D eigenvalue weighted by atomic mass is 79.9. The van der Waals surface area contributed by atoms with Crippen molar-refractivity contribution in [1.29, 1.82) is 0 Å². The van der Waals surface area contributed by atoms with Crippen LogP contribution in [0.25, 0.3) is 11.1 Å². The fraction of sp³-hybridized carbons (Fsp3) is 0.0312. The van der Waals surface area contributed by atoms with Crippen molar-refractivity contribution in [1.82, 2.24) is 0 Å². The van der Waals surface area contributed by atoms with E-state index in [-0.39, 0.29) is 11.5 Å². The lowest BCUT2D eigenvalue weighted by Crippen LogP contribution is -2.29. The molecule has 8 heteroatoms. The van der Waals surface area contributed by atoms with Crippen LogP contribution >= 0.6 is 63.7 Å². The molecule has 0 saturated carbocycles. The maximum absolute atomic E-state index is 12.7. The van der Waals surface area contributed by atoms with Crippen molar-refractivity contribution >= 4 is 69.7 Å². The van der Waals surface area contributed by atoms with Crippen molar-refractivity contribution in [2.45, 2.75) is 5.60 Å². The van der Waals surface area contributed by atoms with E-state index in [9.17, 15) is 15.0 Å². The van der Waals surface area contributed by atoms with Crippen molar-refractivity contribution < 1.29 is 19.7 Å². The third kappa shape index (κ3) is 5.38. The Hall–Kier alpha value is -2.91. The van der Waals surface area contributed by atoms with Crippen LogP contribution in [0.1, 0.15) is 27.0 Å². The molecule has 0 spiro atoms. The number of hydrogen-bond donors (Lipinski definition) is 2. The molecule has 0 aliphatic carbocycles. The lowest BCUT2D eigenvalue weighted by Gasteiger charge is -2.31. The van der Waals surface area contributed by atoms with Gasteiger partial charge < -0.3 is 14.9 Å². The van der Waals surface area contributed by atoms with Crippen LogP contribution in [0.5, 0.6) is 11.5 Å². The number of esters is 1. The SMILES string of the molecule is O=C1OC(c2cc(Br)c(O)c(Br)c2)(c2cc(Br)c(O)c(Br)c2)c2ccccc21.c1ccc(-c2ccccc2)cc1. The van der Waals surface area contributed by atoms with Gasteiger partial charge in [0.1, 0.15) is 11.5 Å². The monoisotopic (exact) mass is 784 g/mol. The molecule has 0 bridgehead atoms. The van der Waals surface area contributed by atoms with E-state index < -0.39 is 11.6 Å². The van der Waals surface area contributed by atoms with Gasteiger partial charge in [0.2, 0.25) is 0 Å². The predicted octanol–water partition coefficient (Wildman–Crippen LogP) is 9.96. The summed E-state index contributed by atoms with van der Waals surface area (Å²) >= 11 is 13.4. The topological polar surface area (TPSA) is 66.8 Å². The fourth-order valence-corrected chi connectivity index (χ4v) is 6.98. The van der Waals surface area contributed by atoms with Crippen LogP contribution in [0, 0.1) is 0 Å². The van der Waals surface area contributed by atoms with Gasteiger partial charge in [-0.1, -0.05) is 78.9 Å². The van der Waals surface area contributed by atoms with E-state index in [1.54, 1.807) is 36.4 Å². The molecule has 0 fully saturated rings. The van der Waals surface area contributed by atoms with Crippen molar-refractivity contribution in [3.8, 4) is 22.6 Å². The van der Waals surface area contributed by atoms with Crippen LogP contribution in [0.4, 0.5) is 0 Å². The third-order valence-electron chi connectivity index (χ3n) is 6.50. The zero-order valence-corrected chi connectivity index (χ0v) is 27.0. The Morgan fingerprint density at radius 2 is 0.925 bits per heavy atom. The van der Waals surface area contributed by atoms with Crippen LogP contribution in [-0.4, -0.2) is 16.2 Å². The van der Waals surface area contributed by atoms with Gasteiger partial charge in [0.05, 0.1) is 23.5 Å². The Morgan fingerprint density at radius 1 is 0.550 bits per heavy atom. The molecule has 4 nitrogen and oxygen atoms in total. The van der Waals surface area contributed by atoms with Crippen LogP contribution in [0.2, 0.25) is 0 Å². The molecule has 0 aromatic heterocycles. The minimum Gasteiger partial charge on any atom is -0.506 e. The summed E-state index contributed by atoms with van der Waals surface area (Å²) in [5.74, 6) is -0.356. The van der Waals surface area contributed by atoms with Crippen LogP contribution in [0.3, 0.4) is 0 Å². The van der Waals surface area contributed by atoms with Gasteiger partial charge in [-0.2, -0.15) is 0 Å². The highest BCUT2D eigenvalue weighted by Crippen LogP contribution is 2.51. The zero-order valence-electron chi connectivity index (χ0n) is 20.6. The fourth-order valence-electron chi connectivity index (χ4n) is 4.61. The number of phenols is 2. The maximum Gasteiger partial charge on any atom is 0.340 e. The first-order valence-electron chi connectivity index (χ1n) is 12.0. The Bertz CT molecular complexity index is 1560. The Kier molecular flexibility index (Phi) is 8.52. The van der Waals surface area contributed by atoms with Gasteiger partial charge in [-0.15, -0.1) is 0 Å². The Balaban J connectivity index is 0.000000223. The second-order valence-corrected chi connectivity index (χ2v) is 12.3. The number of carbonyl (C=O) groups is 1. The average Bonchev–Trinajstić information content (AvgIpc) is 3.28. The predicted molar refractivity (Wildman–Crippen MR) is 171 cm³/mol. The van der Waals surface area contributed by atoms with Crippen molar-refractivity contribution in [3.63, 3.8) is 0 Å². The summed E-state index contributed by atoms with van der Waals surface area (Å²) < 4.78 is 7.82. The normalized spacial score (nSPS) is 13.2. The van der Waals surface area contributed by atoms with Crippen LogP contribution in [0.15, 0.2) is 127 Å². The van der Waals surface area contributed by atoms with E-state index in [1.165, 1.54) is 11.1 Å². The van der Waals surface area contributed by atoms with Crippen molar-refractivity contribution in [3.05, 3.63) is 149 Å². The Labute approximate surface area is 265 Å². The molecule has 0 radical (unpaired) electrons. The van der Waals surface area contributed by atoms with Crippen LogP contribution < -0.4 is 0 Å². The first-order chi connectivity index (χ1) is 19.2. The first-order valence-corrected chi connectivity index (χ1v) is 15.2. The molecule has 1 aliphatic rings. The Morgan fingerprint density at radius 3 is 1.35 bits per heavy atom. The number of ether oxygens (including phenoxy) is 1. The number of benzene rings is 5. The summed E-state index contributed by atoms with van der Waals surface area (Å²) in [6, 6.07) is 34.8. The van der Waals surface area contributed by atoms with E-state index in [2.05, 4.69) is 112 Å². The molecule has 1 heterocycles. The van der Waals surface area contributed by atoms with Gasteiger partial charge in [-0.3, -0.25) is 0 Å². The summed E-state index contributed by atoms with van der Waals surface area (Å²) in [6.07, 6.45) is 0. The zero-order chi connectivity index (χ0) is 28.4. The lowest BCUT2D eigenvalue weighted by molar-refractivity contribution is 0.0250. The molecule has 200 valence electrons. The number of hydrogen-bond acceptors (Lipinski definition) is 4. The van der Waals surface area contributed by atoms with Crippen molar-refractivity contribution in [2.24, 2.45) is 0 Å². The van der Waals surface area contributed by atoms with E-state index >= 15 is 0 Å². The first kappa shape index (κ1) is 28.6. The molecule has 0 atom stereocenters. The number of rotatable bonds is 3. The number of aromatic hydroxyl groups is 2. The smallest absolute Gasteiger partial charge is 0.340 e. The molecular weight excluding hydrogens is 768 g/mol. The molecule has 1 aliphatic heterocycles. The summed E-state index contributed by atoms with van der Waals surface area (Å²) in [7, 11) is 0. The highest BCUT2D eigenvalue weighted by Gasteiger charge is 2.49. The number of cyclic esters (lactones) is 1. The molecule has 5 aromatic carbocycles. The quantitative estimate of drug-likeness (QED) is 0.179. The largest absolute Gasteiger partial charge is 0.506 e. The molecule has 2 N–H and O–H groups in total. The molecule has 0 amide bonds. The third-order valence-corrected chi connectivity index (χ3v) is 8.92. The van der Waals surface area contributed by atoms with Crippen LogP contribution in [-0.2, 0) is 10.3 Å². The summed E-state index contributed by atoms with van der Waals surface area (Å²) in [5.41, 5.74) is 3.69. The van der Waals surface area contributed by atoms with Gasteiger partial charge in [0.15, 0.2) is 5.60 Å². The van der Waals surface area contributed by atoms with Gasteiger partial charge in [-0.05, 0) is 105 Å². The van der Waals surface area contributed by atoms with E-state index in [0.717, 1.165) is 0 Å². The van der Waals surface area contributed by atoms with Gasteiger partial charge >= 0.3 is 5.97 Å². The summed E-state index contributed by atoms with van der Waals surface area (Å²) in [5, 5.41) is 20.3. The highest BCUT2D eigenvalue weighted by molar-refractivity contribution is 9.11. The lowest BCUT2D eigenvalue weighted by atomic mass is 9.80. The van der Waals surface area contributed by atoms with E-state index in [4.69, 9.17) is 4.74 Å². The molecule has 0 saturated heterocycles.